The summed E-state index contributed by atoms with van der Waals surface area (Å²) in [5.74, 6) is 0.138. The number of aryl methyl sites for hydroxylation is 2. The molecule has 1 aromatic carbocycles. The molecule has 4 nitrogen and oxygen atoms in total. The average Bonchev–Trinajstić information content (AvgIpc) is 3.24. The zero-order chi connectivity index (χ0) is 20.7. The first-order valence-corrected chi connectivity index (χ1v) is 11.9. The number of hydrogen-bond acceptors (Lipinski definition) is 4. The molecule has 0 fully saturated rings. The summed E-state index contributed by atoms with van der Waals surface area (Å²) >= 11 is 1.55. The van der Waals surface area contributed by atoms with Gasteiger partial charge in [-0.1, -0.05) is 63.3 Å². The quantitative estimate of drug-likeness (QED) is 0.396. The van der Waals surface area contributed by atoms with Crippen LogP contribution in [-0.2, 0) is 24.2 Å². The third-order valence-corrected chi connectivity index (χ3v) is 5.98. The molecule has 0 bridgehead atoms. The van der Waals surface area contributed by atoms with E-state index in [9.17, 15) is 9.90 Å². The van der Waals surface area contributed by atoms with Crippen LogP contribution in [0, 0.1) is 0 Å². The third-order valence-electron chi connectivity index (χ3n) is 5.22. The van der Waals surface area contributed by atoms with Crippen LogP contribution >= 0.6 is 11.3 Å². The minimum absolute atomic E-state index is 0.00583. The number of carbonyl (C=O) groups is 1. The zero-order valence-corrected chi connectivity index (χ0v) is 18.6. The lowest BCUT2D eigenvalue weighted by Crippen LogP contribution is -2.32. The van der Waals surface area contributed by atoms with Crippen molar-refractivity contribution in [2.75, 3.05) is 13.2 Å². The Morgan fingerprint density at radius 1 is 1.00 bits per heavy atom. The number of aliphatic hydroxyl groups excluding tert-OH is 1. The van der Waals surface area contributed by atoms with Gasteiger partial charge < -0.3 is 10.0 Å². The summed E-state index contributed by atoms with van der Waals surface area (Å²) in [4.78, 5) is 19.3. The fraction of sp³-hybridized carbons (Fsp3) is 0.583. The van der Waals surface area contributed by atoms with E-state index in [-0.39, 0.29) is 12.5 Å². The minimum Gasteiger partial charge on any atom is -0.395 e. The summed E-state index contributed by atoms with van der Waals surface area (Å²) < 4.78 is 0. The summed E-state index contributed by atoms with van der Waals surface area (Å²) in [5.41, 5.74) is 4.66. The average molecular weight is 417 g/mol. The minimum atomic E-state index is 0.00583. The lowest BCUT2D eigenvalue weighted by Gasteiger charge is -2.20. The molecule has 2 rings (SSSR count). The van der Waals surface area contributed by atoms with Crippen molar-refractivity contribution in [1.82, 2.24) is 9.88 Å². The van der Waals surface area contributed by atoms with Crippen LogP contribution < -0.4 is 0 Å². The molecule has 0 aliphatic rings. The molecule has 0 aliphatic heterocycles. The predicted octanol–water partition coefficient (Wildman–Crippen LogP) is 5.39. The van der Waals surface area contributed by atoms with Crippen molar-refractivity contribution in [3.05, 3.63) is 52.0 Å². The van der Waals surface area contributed by atoms with Gasteiger partial charge in [-0.05, 0) is 36.8 Å². The van der Waals surface area contributed by atoms with Gasteiger partial charge in [-0.15, -0.1) is 11.3 Å². The topological polar surface area (TPSA) is 53.4 Å². The van der Waals surface area contributed by atoms with E-state index in [4.69, 9.17) is 0 Å². The monoisotopic (exact) mass is 416 g/mol. The fourth-order valence-corrected chi connectivity index (χ4v) is 4.16. The summed E-state index contributed by atoms with van der Waals surface area (Å²) in [6.45, 7) is 3.18. The van der Waals surface area contributed by atoms with E-state index in [1.165, 1.54) is 56.1 Å². The van der Waals surface area contributed by atoms with Gasteiger partial charge in [0.2, 0.25) is 5.91 Å². The van der Waals surface area contributed by atoms with Crippen LogP contribution in [-0.4, -0.2) is 34.0 Å². The highest BCUT2D eigenvalue weighted by atomic mass is 32.1. The first-order valence-electron chi connectivity index (χ1n) is 11.1. The number of carbonyl (C=O) groups excluding carboxylic acids is 1. The van der Waals surface area contributed by atoms with E-state index in [0.29, 0.717) is 19.5 Å². The first kappa shape index (κ1) is 23.6. The van der Waals surface area contributed by atoms with Crippen LogP contribution in [0.5, 0.6) is 0 Å². The Bertz CT molecular complexity index is 671. The maximum absolute atomic E-state index is 12.4. The second-order valence-electron chi connectivity index (χ2n) is 7.69. The molecule has 1 amide bonds. The molecular weight excluding hydrogens is 380 g/mol. The molecule has 0 aliphatic carbocycles. The number of aliphatic hydroxyl groups is 1. The predicted molar refractivity (Wildman–Crippen MR) is 121 cm³/mol. The molecule has 29 heavy (non-hydrogen) atoms. The highest BCUT2D eigenvalue weighted by molar-refractivity contribution is 7.09. The second-order valence-corrected chi connectivity index (χ2v) is 8.67. The molecule has 0 atom stereocenters. The van der Waals surface area contributed by atoms with Crippen molar-refractivity contribution < 1.29 is 9.90 Å². The fourth-order valence-electron chi connectivity index (χ4n) is 3.55. The van der Waals surface area contributed by atoms with Gasteiger partial charge in [-0.2, -0.15) is 0 Å². The number of amides is 1. The Morgan fingerprint density at radius 3 is 2.28 bits per heavy atom. The summed E-state index contributed by atoms with van der Waals surface area (Å²) in [6, 6.07) is 9.09. The van der Waals surface area contributed by atoms with Crippen LogP contribution in [0.3, 0.4) is 0 Å². The molecule has 1 heterocycles. The van der Waals surface area contributed by atoms with E-state index in [0.717, 1.165) is 17.7 Å². The van der Waals surface area contributed by atoms with Crippen LogP contribution in [0.15, 0.2) is 36.0 Å². The molecule has 160 valence electrons. The van der Waals surface area contributed by atoms with E-state index in [1.54, 1.807) is 27.9 Å². The van der Waals surface area contributed by atoms with Gasteiger partial charge in [-0.25, -0.2) is 0 Å². The number of aromatic nitrogens is 1. The van der Waals surface area contributed by atoms with E-state index in [1.807, 2.05) is 0 Å². The molecule has 0 unspecified atom stereocenters. The highest BCUT2D eigenvalue weighted by Crippen LogP contribution is 2.14. The zero-order valence-electron chi connectivity index (χ0n) is 17.8. The molecule has 0 spiro atoms. The Hall–Kier alpha value is -1.72. The largest absolute Gasteiger partial charge is 0.395 e. The van der Waals surface area contributed by atoms with Gasteiger partial charge in [0.05, 0.1) is 18.7 Å². The molecule has 2 aromatic rings. The first-order chi connectivity index (χ1) is 14.2. The maximum atomic E-state index is 12.4. The van der Waals surface area contributed by atoms with Crippen LogP contribution in [0.2, 0.25) is 0 Å². The number of unbranched alkanes of at least 4 members (excludes halogenated alkanes) is 5. The maximum Gasteiger partial charge on any atom is 0.222 e. The number of benzene rings is 1. The van der Waals surface area contributed by atoms with Gasteiger partial charge >= 0.3 is 0 Å². The summed E-state index contributed by atoms with van der Waals surface area (Å²) in [6.07, 6.45) is 12.9. The molecule has 1 N–H and O–H groups in total. The molecule has 1 aromatic heterocycles. The molecule has 0 saturated heterocycles. The van der Waals surface area contributed by atoms with Crippen molar-refractivity contribution in [3.63, 3.8) is 0 Å². The van der Waals surface area contributed by atoms with Crippen molar-refractivity contribution in [1.29, 1.82) is 0 Å². The number of rotatable bonds is 15. The van der Waals surface area contributed by atoms with Crippen LogP contribution in [0.1, 0.15) is 74.3 Å². The van der Waals surface area contributed by atoms with Gasteiger partial charge in [0, 0.05) is 24.0 Å². The number of hydrogen-bond donors (Lipinski definition) is 1. The van der Waals surface area contributed by atoms with Gasteiger partial charge in [0.15, 0.2) is 0 Å². The second kappa shape index (κ2) is 14.3. The Labute approximate surface area is 180 Å². The van der Waals surface area contributed by atoms with Crippen LogP contribution in [0.4, 0.5) is 0 Å². The lowest BCUT2D eigenvalue weighted by atomic mass is 10.0. The Balaban J connectivity index is 1.52. The van der Waals surface area contributed by atoms with Crippen molar-refractivity contribution in [2.45, 2.75) is 77.7 Å². The highest BCUT2D eigenvalue weighted by Gasteiger charge is 2.13. The van der Waals surface area contributed by atoms with Gasteiger partial charge in [-0.3, -0.25) is 9.78 Å². The van der Waals surface area contributed by atoms with E-state index in [2.05, 4.69) is 36.2 Å². The SMILES string of the molecule is CCCc1ccc(CCCCCCCCC(=O)N(CCO)Cc2cncs2)cc1. The van der Waals surface area contributed by atoms with Crippen LogP contribution in [0.25, 0.3) is 0 Å². The third kappa shape index (κ3) is 9.55. The van der Waals surface area contributed by atoms with Crippen molar-refractivity contribution in [3.8, 4) is 0 Å². The lowest BCUT2D eigenvalue weighted by molar-refractivity contribution is -0.132. The van der Waals surface area contributed by atoms with E-state index >= 15 is 0 Å². The summed E-state index contributed by atoms with van der Waals surface area (Å²) in [5, 5.41) is 9.22. The molecule has 0 saturated carbocycles. The Morgan fingerprint density at radius 2 is 1.66 bits per heavy atom. The molecular formula is C24H36N2O2S. The van der Waals surface area contributed by atoms with Crippen molar-refractivity contribution >= 4 is 17.2 Å². The van der Waals surface area contributed by atoms with Gasteiger partial charge in [0.1, 0.15) is 0 Å². The molecule has 5 heteroatoms. The Kier molecular flexibility index (Phi) is 11.6. The summed E-state index contributed by atoms with van der Waals surface area (Å²) in [7, 11) is 0. The number of thiazole rings is 1. The normalized spacial score (nSPS) is 11.0. The van der Waals surface area contributed by atoms with Gasteiger partial charge in [0.25, 0.3) is 0 Å². The van der Waals surface area contributed by atoms with E-state index < -0.39 is 0 Å². The smallest absolute Gasteiger partial charge is 0.222 e. The van der Waals surface area contributed by atoms with Crippen molar-refractivity contribution in [2.24, 2.45) is 0 Å². The number of nitrogens with zero attached hydrogens (tertiary/aromatic N) is 2. The standard InChI is InChI=1S/C24H36N2O2S/c1-2-9-21-12-14-22(15-13-21)10-7-5-3-4-6-8-11-24(28)26(16-17-27)19-23-18-25-20-29-23/h12-15,18,20,27H,2-11,16-17,19H2,1H3. The molecule has 0 radical (unpaired) electrons.